The lowest BCUT2D eigenvalue weighted by atomic mass is 10.0. The lowest BCUT2D eigenvalue weighted by Crippen LogP contribution is -2.48. The molecule has 3 aromatic heterocycles. The van der Waals surface area contributed by atoms with Crippen LogP contribution in [0.15, 0.2) is 70.6 Å². The quantitative estimate of drug-likeness (QED) is 0.180. The molecule has 4 aromatic rings. The zero-order valence-corrected chi connectivity index (χ0v) is 26.6. The monoisotopic (exact) mass is 654 g/mol. The van der Waals surface area contributed by atoms with Crippen LogP contribution in [0, 0.1) is 5.82 Å². The Labute approximate surface area is 266 Å². The number of imide groups is 1. The Morgan fingerprint density at radius 3 is 2.80 bits per heavy atom. The lowest BCUT2D eigenvalue weighted by molar-refractivity contribution is -0.130. The molecule has 0 saturated carbocycles. The van der Waals surface area contributed by atoms with Crippen molar-refractivity contribution in [2.75, 3.05) is 13.7 Å². The van der Waals surface area contributed by atoms with E-state index < -0.39 is 29.3 Å². The minimum Gasteiger partial charge on any atom is -0.492 e. The number of carbonyl (C=O) groups is 3. The first-order valence-electron chi connectivity index (χ1n) is 13.8. The molecule has 0 atom stereocenters. The fourth-order valence-corrected chi connectivity index (χ4v) is 6.01. The predicted octanol–water partition coefficient (Wildman–Crippen LogP) is 4.85. The van der Waals surface area contributed by atoms with Crippen LogP contribution in [-0.2, 0) is 27.5 Å². The van der Waals surface area contributed by atoms with Gasteiger partial charge in [0.15, 0.2) is 16.5 Å². The summed E-state index contributed by atoms with van der Waals surface area (Å²) in [5, 5.41) is 5.17. The summed E-state index contributed by atoms with van der Waals surface area (Å²) in [6.07, 6.45) is 6.09. The number of pyridine rings is 1. The maximum atomic E-state index is 14.2. The number of rotatable bonds is 10. The minimum atomic E-state index is -0.860. The zero-order chi connectivity index (χ0) is 32.1. The van der Waals surface area contributed by atoms with Gasteiger partial charge in [0.1, 0.15) is 23.5 Å². The Morgan fingerprint density at radius 2 is 2.02 bits per heavy atom. The first-order chi connectivity index (χ1) is 21.6. The van der Waals surface area contributed by atoms with Crippen LogP contribution in [0.25, 0.3) is 4.96 Å². The number of thiazole rings is 1. The van der Waals surface area contributed by atoms with Gasteiger partial charge < -0.3 is 19.5 Å². The van der Waals surface area contributed by atoms with Gasteiger partial charge in [0.2, 0.25) is 0 Å². The van der Waals surface area contributed by atoms with Gasteiger partial charge in [0, 0.05) is 54.7 Å². The highest BCUT2D eigenvalue weighted by Crippen LogP contribution is 2.31. The number of methoxy groups -OCH3 is 1. The van der Waals surface area contributed by atoms with Crippen LogP contribution in [0.1, 0.15) is 38.4 Å². The number of hydrogen-bond acceptors (Lipinski definition) is 11. The van der Waals surface area contributed by atoms with Crippen molar-refractivity contribution < 1.29 is 33.0 Å². The highest BCUT2D eigenvalue weighted by molar-refractivity contribution is 7.98. The van der Waals surface area contributed by atoms with Crippen molar-refractivity contribution in [1.82, 2.24) is 29.3 Å². The van der Waals surface area contributed by atoms with Crippen LogP contribution >= 0.6 is 23.3 Å². The normalized spacial score (nSPS) is 13.6. The van der Waals surface area contributed by atoms with Crippen LogP contribution in [0.5, 0.6) is 11.5 Å². The molecule has 12 nitrogen and oxygen atoms in total. The fourth-order valence-electron chi connectivity index (χ4n) is 4.45. The molecule has 0 unspecified atom stereocenters. The number of amides is 3. The van der Waals surface area contributed by atoms with Gasteiger partial charge in [-0.2, -0.15) is 0 Å². The second-order valence-corrected chi connectivity index (χ2v) is 12.5. The number of imidazole rings is 1. The molecule has 0 radical (unpaired) electrons. The third kappa shape index (κ3) is 7.37. The molecule has 0 fully saturated rings. The molecule has 15 heteroatoms. The van der Waals surface area contributed by atoms with E-state index in [9.17, 15) is 18.8 Å². The number of aromatic nitrogens is 3. The van der Waals surface area contributed by atoms with E-state index in [1.54, 1.807) is 51.5 Å². The SMILES string of the molecule is COc1c(F)cccc1SNC(=O)C1=C(NCc2ccncc2OCc2csc3nccn23)CCN(C(=O)OC(C)(C)C)C1=O. The number of benzene rings is 1. The van der Waals surface area contributed by atoms with Crippen molar-refractivity contribution in [3.63, 3.8) is 0 Å². The summed E-state index contributed by atoms with van der Waals surface area (Å²) in [5.41, 5.74) is 0.854. The summed E-state index contributed by atoms with van der Waals surface area (Å²) < 4.78 is 35.4. The van der Waals surface area contributed by atoms with Gasteiger partial charge in [-0.1, -0.05) is 6.07 Å². The topological polar surface area (TPSA) is 136 Å². The number of fused-ring (bicyclic) bond motifs is 1. The molecular formula is C30H31FN6O6S2. The van der Waals surface area contributed by atoms with E-state index >= 15 is 0 Å². The molecule has 45 heavy (non-hydrogen) atoms. The Bertz CT molecular complexity index is 1760. The van der Waals surface area contributed by atoms with Crippen molar-refractivity contribution in [2.24, 2.45) is 0 Å². The molecule has 0 saturated heterocycles. The van der Waals surface area contributed by atoms with Crippen LogP contribution in [0.2, 0.25) is 0 Å². The molecule has 4 heterocycles. The molecule has 1 aliphatic rings. The van der Waals surface area contributed by atoms with E-state index in [1.165, 1.54) is 30.6 Å². The Balaban J connectivity index is 1.36. The number of carbonyl (C=O) groups excluding carboxylic acids is 3. The van der Waals surface area contributed by atoms with E-state index in [2.05, 4.69) is 20.0 Å². The smallest absolute Gasteiger partial charge is 0.417 e. The number of ether oxygens (including phenoxy) is 3. The van der Waals surface area contributed by atoms with Crippen LogP contribution in [-0.4, -0.2) is 56.4 Å². The molecule has 1 aliphatic heterocycles. The maximum Gasteiger partial charge on any atom is 0.417 e. The minimum absolute atomic E-state index is 0.00349. The van der Waals surface area contributed by atoms with Crippen molar-refractivity contribution in [2.45, 2.75) is 50.8 Å². The van der Waals surface area contributed by atoms with Gasteiger partial charge in [0.05, 0.1) is 23.9 Å². The molecular weight excluding hydrogens is 623 g/mol. The number of halogens is 1. The van der Waals surface area contributed by atoms with Crippen LogP contribution in [0.3, 0.4) is 0 Å². The van der Waals surface area contributed by atoms with Gasteiger partial charge in [-0.05, 0) is 50.9 Å². The first kappa shape index (κ1) is 31.8. The third-order valence-corrected chi connectivity index (χ3v) is 8.26. The first-order valence-corrected chi connectivity index (χ1v) is 15.5. The highest BCUT2D eigenvalue weighted by atomic mass is 32.2. The number of para-hydroxylation sites is 1. The van der Waals surface area contributed by atoms with Crippen molar-refractivity contribution in [1.29, 1.82) is 0 Å². The van der Waals surface area contributed by atoms with Crippen molar-refractivity contribution in [3.05, 3.63) is 82.8 Å². The molecule has 236 valence electrons. The molecule has 1 aromatic carbocycles. The van der Waals surface area contributed by atoms with Crippen LogP contribution in [0.4, 0.5) is 9.18 Å². The Kier molecular flexibility index (Phi) is 9.58. The number of hydrogen-bond donors (Lipinski definition) is 2. The van der Waals surface area contributed by atoms with Gasteiger partial charge in [-0.3, -0.25) is 23.7 Å². The van der Waals surface area contributed by atoms with E-state index in [-0.39, 0.29) is 37.4 Å². The Morgan fingerprint density at radius 1 is 1.20 bits per heavy atom. The maximum absolute atomic E-state index is 14.2. The largest absolute Gasteiger partial charge is 0.492 e. The van der Waals surface area contributed by atoms with E-state index in [0.29, 0.717) is 16.3 Å². The predicted molar refractivity (Wildman–Crippen MR) is 165 cm³/mol. The van der Waals surface area contributed by atoms with Gasteiger partial charge in [-0.15, -0.1) is 11.3 Å². The summed E-state index contributed by atoms with van der Waals surface area (Å²) in [6, 6.07) is 6.04. The summed E-state index contributed by atoms with van der Waals surface area (Å²) >= 11 is 2.29. The average molecular weight is 655 g/mol. The van der Waals surface area contributed by atoms with Crippen molar-refractivity contribution in [3.8, 4) is 11.5 Å². The molecule has 0 spiro atoms. The standard InChI is InChI=1S/C30H31FN6O6S2/c1-30(2,3)43-29(40)37-12-9-21(24(27(37)39)26(38)35-45-23-7-5-6-20(31)25(23)41-4)34-14-18-8-10-32-15-22(18)42-16-19-17-44-28-33-11-13-36(19)28/h5-8,10-11,13,15,17,34H,9,12,14,16H2,1-4H3,(H,35,38). The summed E-state index contributed by atoms with van der Waals surface area (Å²) in [4.78, 5) is 50.5. The summed E-state index contributed by atoms with van der Waals surface area (Å²) in [5.74, 6) is -1.74. The van der Waals surface area contributed by atoms with Gasteiger partial charge in [0.25, 0.3) is 11.8 Å². The summed E-state index contributed by atoms with van der Waals surface area (Å²) in [6.45, 7) is 5.52. The number of nitrogens with zero attached hydrogens (tertiary/aromatic N) is 4. The number of nitrogens with one attached hydrogen (secondary N) is 2. The fraction of sp³-hybridized carbons (Fsp3) is 0.300. The van der Waals surface area contributed by atoms with Gasteiger partial charge in [-0.25, -0.2) is 19.1 Å². The summed E-state index contributed by atoms with van der Waals surface area (Å²) in [7, 11) is 1.31. The Hall–Kier alpha value is -4.63. The van der Waals surface area contributed by atoms with Crippen LogP contribution < -0.4 is 19.5 Å². The lowest BCUT2D eigenvalue weighted by Gasteiger charge is -2.31. The second-order valence-electron chi connectivity index (χ2n) is 10.8. The molecule has 5 rings (SSSR count). The molecule has 2 N–H and O–H groups in total. The molecule has 0 aliphatic carbocycles. The van der Waals surface area contributed by atoms with E-state index in [4.69, 9.17) is 14.2 Å². The third-order valence-electron chi connectivity index (χ3n) is 6.53. The average Bonchev–Trinajstić information content (AvgIpc) is 3.62. The molecule has 3 amide bonds. The zero-order valence-electron chi connectivity index (χ0n) is 25.0. The second kappa shape index (κ2) is 13.6. The van der Waals surface area contributed by atoms with Crippen molar-refractivity contribution >= 4 is 46.2 Å². The van der Waals surface area contributed by atoms with Gasteiger partial charge >= 0.3 is 6.09 Å². The highest BCUT2D eigenvalue weighted by Gasteiger charge is 2.37. The van der Waals surface area contributed by atoms with E-state index in [0.717, 1.165) is 33.1 Å². The van der Waals surface area contributed by atoms with E-state index in [1.807, 2.05) is 16.0 Å². The molecule has 0 bridgehead atoms.